The topological polar surface area (TPSA) is 30.7 Å². The van der Waals surface area contributed by atoms with Crippen LogP contribution in [0.2, 0.25) is 0 Å². The van der Waals surface area contributed by atoms with Crippen molar-refractivity contribution in [1.29, 1.82) is 0 Å². The van der Waals surface area contributed by atoms with Crippen LogP contribution in [0.25, 0.3) is 11.3 Å². The summed E-state index contributed by atoms with van der Waals surface area (Å²) in [4.78, 5) is 0. The minimum Gasteiger partial charge on any atom is -0.233 e. The van der Waals surface area contributed by atoms with Gasteiger partial charge in [0, 0.05) is 10.0 Å². The van der Waals surface area contributed by atoms with Crippen LogP contribution in [0.3, 0.4) is 0 Å². The number of benzene rings is 1. The molecule has 1 heterocycles. The van der Waals surface area contributed by atoms with Crippen molar-refractivity contribution in [3.8, 4) is 23.6 Å². The van der Waals surface area contributed by atoms with Gasteiger partial charge >= 0.3 is 0 Å². The van der Waals surface area contributed by atoms with E-state index in [9.17, 15) is 0 Å². The molecule has 0 saturated carbocycles. The van der Waals surface area contributed by atoms with Crippen LogP contribution in [0, 0.1) is 12.3 Å². The van der Waals surface area contributed by atoms with Crippen LogP contribution < -0.4 is 0 Å². The van der Waals surface area contributed by atoms with E-state index in [4.69, 9.17) is 6.42 Å². The minimum absolute atomic E-state index is 0.427. The summed E-state index contributed by atoms with van der Waals surface area (Å²) in [6.07, 6.45) is 6.96. The predicted octanol–water partition coefficient (Wildman–Crippen LogP) is 2.34. The molecule has 0 bridgehead atoms. The molecule has 0 atom stereocenters. The quantitative estimate of drug-likeness (QED) is 0.778. The summed E-state index contributed by atoms with van der Waals surface area (Å²) in [6.45, 7) is 0.427. The molecule has 1 aromatic heterocycles. The fourth-order valence-electron chi connectivity index (χ4n) is 1.34. The number of nitrogens with zero attached hydrogens (tertiary/aromatic N) is 3. The lowest BCUT2D eigenvalue weighted by Gasteiger charge is -2.04. The standard InChI is InChI=1S/C11H8BrN3/c1-2-7-15-11(8-13-14-15)9-5-3-4-6-10(9)12/h1,3-6,8H,7H2. The summed E-state index contributed by atoms with van der Waals surface area (Å²) < 4.78 is 2.70. The predicted molar refractivity (Wildman–Crippen MR) is 62.0 cm³/mol. The first-order chi connectivity index (χ1) is 7.33. The minimum atomic E-state index is 0.427. The molecule has 0 unspecified atom stereocenters. The number of hydrogen-bond donors (Lipinski definition) is 0. The molecule has 0 aliphatic carbocycles. The Morgan fingerprint density at radius 3 is 2.93 bits per heavy atom. The van der Waals surface area contributed by atoms with Crippen molar-refractivity contribution in [2.75, 3.05) is 0 Å². The Balaban J connectivity index is 2.51. The van der Waals surface area contributed by atoms with E-state index in [0.717, 1.165) is 15.7 Å². The van der Waals surface area contributed by atoms with E-state index in [2.05, 4.69) is 32.2 Å². The Morgan fingerprint density at radius 1 is 1.40 bits per heavy atom. The van der Waals surface area contributed by atoms with E-state index >= 15 is 0 Å². The fraction of sp³-hybridized carbons (Fsp3) is 0.0909. The molecule has 0 fully saturated rings. The van der Waals surface area contributed by atoms with Crippen LogP contribution in [-0.2, 0) is 6.54 Å². The molecule has 0 spiro atoms. The average molecular weight is 262 g/mol. The summed E-state index contributed by atoms with van der Waals surface area (Å²) in [7, 11) is 0. The number of aromatic nitrogens is 3. The Labute approximate surface area is 96.2 Å². The molecule has 0 amide bonds. The van der Waals surface area contributed by atoms with Crippen LogP contribution in [0.5, 0.6) is 0 Å². The molecule has 74 valence electrons. The monoisotopic (exact) mass is 261 g/mol. The fourth-order valence-corrected chi connectivity index (χ4v) is 1.83. The highest BCUT2D eigenvalue weighted by Gasteiger charge is 2.08. The molecule has 0 radical (unpaired) electrons. The number of hydrogen-bond acceptors (Lipinski definition) is 2. The van der Waals surface area contributed by atoms with Crippen molar-refractivity contribution >= 4 is 15.9 Å². The van der Waals surface area contributed by atoms with Gasteiger partial charge in [0.25, 0.3) is 0 Å². The highest BCUT2D eigenvalue weighted by molar-refractivity contribution is 9.10. The number of halogens is 1. The molecule has 15 heavy (non-hydrogen) atoms. The van der Waals surface area contributed by atoms with E-state index in [1.54, 1.807) is 10.9 Å². The van der Waals surface area contributed by atoms with Gasteiger partial charge in [0.15, 0.2) is 0 Å². The van der Waals surface area contributed by atoms with Gasteiger partial charge in [-0.1, -0.05) is 45.3 Å². The van der Waals surface area contributed by atoms with Gasteiger partial charge in [0.2, 0.25) is 0 Å². The Bertz CT molecular complexity index is 511. The molecule has 1 aromatic carbocycles. The van der Waals surface area contributed by atoms with Crippen LogP contribution in [0.15, 0.2) is 34.9 Å². The molecule has 0 aliphatic heterocycles. The summed E-state index contributed by atoms with van der Waals surface area (Å²) in [5.41, 5.74) is 1.96. The van der Waals surface area contributed by atoms with Crippen molar-refractivity contribution in [1.82, 2.24) is 15.0 Å². The maximum absolute atomic E-state index is 5.25. The van der Waals surface area contributed by atoms with Crippen molar-refractivity contribution < 1.29 is 0 Å². The Hall–Kier alpha value is -1.60. The van der Waals surface area contributed by atoms with E-state index in [0.29, 0.717) is 6.54 Å². The zero-order valence-corrected chi connectivity index (χ0v) is 9.48. The second-order valence-electron chi connectivity index (χ2n) is 2.96. The lowest BCUT2D eigenvalue weighted by molar-refractivity contribution is 0.679. The summed E-state index contributed by atoms with van der Waals surface area (Å²) in [6, 6.07) is 7.90. The van der Waals surface area contributed by atoms with Crippen LogP contribution in [0.1, 0.15) is 0 Å². The van der Waals surface area contributed by atoms with Crippen molar-refractivity contribution in [2.45, 2.75) is 6.54 Å². The summed E-state index contributed by atoms with van der Waals surface area (Å²) in [5, 5.41) is 7.78. The number of terminal acetylenes is 1. The zero-order chi connectivity index (χ0) is 10.7. The van der Waals surface area contributed by atoms with Gasteiger partial charge < -0.3 is 0 Å². The molecular formula is C11H8BrN3. The van der Waals surface area contributed by atoms with Crippen LogP contribution in [0.4, 0.5) is 0 Å². The van der Waals surface area contributed by atoms with Gasteiger partial charge in [-0.2, -0.15) is 0 Å². The molecule has 0 saturated heterocycles. The van der Waals surface area contributed by atoms with Gasteiger partial charge in [0.05, 0.1) is 11.9 Å². The largest absolute Gasteiger partial charge is 0.233 e. The Morgan fingerprint density at radius 2 is 2.20 bits per heavy atom. The van der Waals surface area contributed by atoms with Crippen molar-refractivity contribution in [3.05, 3.63) is 34.9 Å². The number of rotatable bonds is 2. The third kappa shape index (κ3) is 1.92. The normalized spacial score (nSPS) is 9.87. The maximum atomic E-state index is 5.25. The molecule has 2 aromatic rings. The molecule has 0 N–H and O–H groups in total. The van der Waals surface area contributed by atoms with E-state index in [-0.39, 0.29) is 0 Å². The SMILES string of the molecule is C#CCn1nncc1-c1ccccc1Br. The van der Waals surface area contributed by atoms with Crippen LogP contribution >= 0.6 is 15.9 Å². The first-order valence-electron chi connectivity index (χ1n) is 4.40. The molecule has 4 heteroatoms. The lowest BCUT2D eigenvalue weighted by atomic mass is 10.2. The van der Waals surface area contributed by atoms with E-state index in [1.165, 1.54) is 0 Å². The highest BCUT2D eigenvalue weighted by atomic mass is 79.9. The summed E-state index contributed by atoms with van der Waals surface area (Å²) in [5.74, 6) is 2.54. The van der Waals surface area contributed by atoms with Gasteiger partial charge in [-0.25, -0.2) is 4.68 Å². The lowest BCUT2D eigenvalue weighted by Crippen LogP contribution is -2.00. The third-order valence-corrected chi connectivity index (χ3v) is 2.70. The van der Waals surface area contributed by atoms with Gasteiger partial charge in [-0.05, 0) is 6.07 Å². The van der Waals surface area contributed by atoms with E-state index in [1.807, 2.05) is 24.3 Å². The van der Waals surface area contributed by atoms with Crippen LogP contribution in [-0.4, -0.2) is 15.0 Å². The summed E-state index contributed by atoms with van der Waals surface area (Å²) >= 11 is 3.48. The van der Waals surface area contributed by atoms with Gasteiger partial charge in [-0.3, -0.25) is 0 Å². The maximum Gasteiger partial charge on any atom is 0.104 e. The molecule has 2 rings (SSSR count). The molecular weight excluding hydrogens is 254 g/mol. The van der Waals surface area contributed by atoms with Gasteiger partial charge in [-0.15, -0.1) is 11.5 Å². The second kappa shape index (κ2) is 4.28. The zero-order valence-electron chi connectivity index (χ0n) is 7.89. The van der Waals surface area contributed by atoms with Gasteiger partial charge in [0.1, 0.15) is 6.54 Å². The van der Waals surface area contributed by atoms with E-state index < -0.39 is 0 Å². The third-order valence-electron chi connectivity index (χ3n) is 2.01. The first-order valence-corrected chi connectivity index (χ1v) is 5.19. The Kier molecular flexibility index (Phi) is 2.84. The van der Waals surface area contributed by atoms with Crippen molar-refractivity contribution in [2.24, 2.45) is 0 Å². The smallest absolute Gasteiger partial charge is 0.104 e. The average Bonchev–Trinajstić information content (AvgIpc) is 2.67. The second-order valence-corrected chi connectivity index (χ2v) is 3.82. The van der Waals surface area contributed by atoms with Crippen molar-refractivity contribution in [3.63, 3.8) is 0 Å². The highest BCUT2D eigenvalue weighted by Crippen LogP contribution is 2.26. The molecule has 0 aliphatic rings. The molecule has 3 nitrogen and oxygen atoms in total. The first kappa shape index (κ1) is 9.94.